The van der Waals surface area contributed by atoms with Crippen molar-refractivity contribution in [1.29, 1.82) is 0 Å². The van der Waals surface area contributed by atoms with Crippen molar-refractivity contribution in [3.05, 3.63) is 95.1 Å². The molecule has 2 saturated heterocycles. The summed E-state index contributed by atoms with van der Waals surface area (Å²) in [6.07, 6.45) is 2.29. The van der Waals surface area contributed by atoms with Crippen LogP contribution in [0.2, 0.25) is 0 Å². The lowest BCUT2D eigenvalue weighted by molar-refractivity contribution is 0.261. The van der Waals surface area contributed by atoms with Crippen LogP contribution < -0.4 is 9.47 Å². The number of hydrogen-bond donors (Lipinski definition) is 0. The van der Waals surface area contributed by atoms with E-state index in [1.807, 2.05) is 18.2 Å². The Hall–Kier alpha value is -2.82. The smallest absolute Gasteiger partial charge is 0.122 e. The molecule has 2 heterocycles. The summed E-state index contributed by atoms with van der Waals surface area (Å²) in [5.74, 6) is 1.86. The number of ether oxygens (including phenoxy) is 4. The van der Waals surface area contributed by atoms with Gasteiger partial charge in [0.2, 0.25) is 0 Å². The van der Waals surface area contributed by atoms with Gasteiger partial charge in [0.25, 0.3) is 0 Å². The highest BCUT2D eigenvalue weighted by Gasteiger charge is 2.24. The average molecular weight is 402 g/mol. The van der Waals surface area contributed by atoms with Crippen molar-refractivity contribution in [2.24, 2.45) is 0 Å². The second-order valence-electron chi connectivity index (χ2n) is 7.96. The van der Waals surface area contributed by atoms with Crippen LogP contribution in [-0.4, -0.2) is 38.6 Å². The fourth-order valence-electron chi connectivity index (χ4n) is 3.47. The molecule has 0 bridgehead atoms. The van der Waals surface area contributed by atoms with Crippen molar-refractivity contribution >= 4 is 0 Å². The summed E-state index contributed by atoms with van der Waals surface area (Å²) < 4.78 is 22.2. The first-order valence-electron chi connectivity index (χ1n) is 10.6. The van der Waals surface area contributed by atoms with Crippen molar-refractivity contribution in [2.45, 2.75) is 25.0 Å². The van der Waals surface area contributed by atoms with Crippen molar-refractivity contribution in [3.63, 3.8) is 0 Å². The molecule has 2 fully saturated rings. The number of benzene rings is 3. The predicted molar refractivity (Wildman–Crippen MR) is 115 cm³/mol. The predicted octanol–water partition coefficient (Wildman–Crippen LogP) is 4.42. The molecule has 0 amide bonds. The molecule has 0 spiro atoms. The number of rotatable bonds is 10. The maximum absolute atomic E-state index is 5.94. The van der Waals surface area contributed by atoms with E-state index in [4.69, 9.17) is 18.9 Å². The van der Waals surface area contributed by atoms with E-state index in [-0.39, 0.29) is 12.2 Å². The van der Waals surface area contributed by atoms with Gasteiger partial charge in [-0.15, -0.1) is 0 Å². The van der Waals surface area contributed by atoms with Crippen LogP contribution >= 0.6 is 0 Å². The Kier molecular flexibility index (Phi) is 5.69. The second kappa shape index (κ2) is 8.90. The molecule has 30 heavy (non-hydrogen) atoms. The Labute approximate surface area is 177 Å². The molecule has 2 unspecified atom stereocenters. The molecule has 0 saturated carbocycles. The van der Waals surface area contributed by atoms with Gasteiger partial charge < -0.3 is 18.9 Å². The summed E-state index contributed by atoms with van der Waals surface area (Å²) in [5, 5.41) is 0. The van der Waals surface area contributed by atoms with Crippen LogP contribution in [0.15, 0.2) is 72.8 Å². The molecule has 2 aliphatic heterocycles. The molecule has 3 aromatic carbocycles. The van der Waals surface area contributed by atoms with Crippen molar-refractivity contribution in [1.82, 2.24) is 0 Å². The number of hydrogen-bond acceptors (Lipinski definition) is 4. The highest BCUT2D eigenvalue weighted by Crippen LogP contribution is 2.24. The van der Waals surface area contributed by atoms with Gasteiger partial charge in [0.05, 0.1) is 13.2 Å². The topological polar surface area (TPSA) is 43.5 Å². The fraction of sp³-hybridized carbons (Fsp3) is 0.308. The van der Waals surface area contributed by atoms with Crippen LogP contribution in [-0.2, 0) is 22.3 Å². The highest BCUT2D eigenvalue weighted by molar-refractivity contribution is 5.39. The second-order valence-corrected chi connectivity index (χ2v) is 7.96. The number of para-hydroxylation sites is 1. The first-order valence-corrected chi connectivity index (χ1v) is 10.6. The highest BCUT2D eigenvalue weighted by atomic mass is 16.6. The van der Waals surface area contributed by atoms with Crippen LogP contribution in [0, 0.1) is 0 Å². The first-order chi connectivity index (χ1) is 14.8. The van der Waals surface area contributed by atoms with Gasteiger partial charge in [-0.3, -0.25) is 0 Å². The van der Waals surface area contributed by atoms with Crippen molar-refractivity contribution < 1.29 is 18.9 Å². The van der Waals surface area contributed by atoms with E-state index in [1.165, 1.54) is 22.3 Å². The molecule has 4 heteroatoms. The maximum atomic E-state index is 5.94. The Bertz CT molecular complexity index is 974. The Morgan fingerprint density at radius 3 is 2.07 bits per heavy atom. The monoisotopic (exact) mass is 402 g/mol. The van der Waals surface area contributed by atoms with Gasteiger partial charge in [0.1, 0.15) is 36.9 Å². The Morgan fingerprint density at radius 2 is 1.33 bits per heavy atom. The van der Waals surface area contributed by atoms with E-state index in [1.54, 1.807) is 0 Å². The minimum absolute atomic E-state index is 0.267. The molecular formula is C26H26O4. The van der Waals surface area contributed by atoms with Crippen LogP contribution in [0.5, 0.6) is 11.5 Å². The van der Waals surface area contributed by atoms with E-state index in [0.29, 0.717) is 13.2 Å². The minimum Gasteiger partial charge on any atom is -0.491 e. The standard InChI is InChI=1S/C26H26O4/c1-2-7-26(30-18-25-17-29-25)22(5-1)13-20-10-8-19(9-11-20)12-21-4-3-6-23(14-21)27-15-24-16-28-24/h1-11,14,24-25H,12-13,15-18H2. The quantitative estimate of drug-likeness (QED) is 0.471. The third-order valence-electron chi connectivity index (χ3n) is 5.36. The van der Waals surface area contributed by atoms with Crippen LogP contribution in [0.25, 0.3) is 0 Å². The first kappa shape index (κ1) is 19.2. The summed E-state index contributed by atoms with van der Waals surface area (Å²) in [6, 6.07) is 25.4. The third-order valence-corrected chi connectivity index (χ3v) is 5.36. The summed E-state index contributed by atoms with van der Waals surface area (Å²) in [4.78, 5) is 0. The van der Waals surface area contributed by atoms with Gasteiger partial charge in [-0.2, -0.15) is 0 Å². The molecule has 5 rings (SSSR count). The molecule has 0 aromatic heterocycles. The summed E-state index contributed by atoms with van der Waals surface area (Å²) >= 11 is 0. The zero-order chi connectivity index (χ0) is 20.2. The zero-order valence-corrected chi connectivity index (χ0v) is 17.0. The Morgan fingerprint density at radius 1 is 0.667 bits per heavy atom. The van der Waals surface area contributed by atoms with Gasteiger partial charge in [-0.1, -0.05) is 54.6 Å². The molecule has 0 aliphatic carbocycles. The van der Waals surface area contributed by atoms with Gasteiger partial charge in [-0.25, -0.2) is 0 Å². The van der Waals surface area contributed by atoms with E-state index in [9.17, 15) is 0 Å². The van der Waals surface area contributed by atoms with Crippen molar-refractivity contribution in [2.75, 3.05) is 26.4 Å². The lowest BCUT2D eigenvalue weighted by atomic mass is 10.00. The SMILES string of the molecule is c1cc(Cc2ccc(Cc3ccccc3OCC3CO3)cc2)cc(OCC2CO2)c1. The minimum atomic E-state index is 0.267. The van der Waals surface area contributed by atoms with E-state index in [2.05, 4.69) is 54.6 Å². The van der Waals surface area contributed by atoms with E-state index in [0.717, 1.165) is 37.6 Å². The van der Waals surface area contributed by atoms with Crippen LogP contribution in [0.1, 0.15) is 22.3 Å². The Balaban J connectivity index is 1.20. The van der Waals surface area contributed by atoms with Gasteiger partial charge in [0, 0.05) is 6.42 Å². The number of epoxide rings is 2. The molecule has 2 atom stereocenters. The normalized spacial score (nSPS) is 19.3. The van der Waals surface area contributed by atoms with Gasteiger partial charge in [-0.05, 0) is 46.9 Å². The van der Waals surface area contributed by atoms with Crippen molar-refractivity contribution in [3.8, 4) is 11.5 Å². The third kappa shape index (κ3) is 5.41. The summed E-state index contributed by atoms with van der Waals surface area (Å²) in [6.45, 7) is 2.90. The van der Waals surface area contributed by atoms with Crippen LogP contribution in [0.3, 0.4) is 0 Å². The summed E-state index contributed by atoms with van der Waals surface area (Å²) in [7, 11) is 0. The van der Waals surface area contributed by atoms with Gasteiger partial charge in [0.15, 0.2) is 0 Å². The lowest BCUT2D eigenvalue weighted by Gasteiger charge is -2.11. The maximum Gasteiger partial charge on any atom is 0.122 e. The molecule has 4 nitrogen and oxygen atoms in total. The fourth-order valence-corrected chi connectivity index (χ4v) is 3.47. The molecule has 2 aliphatic rings. The van der Waals surface area contributed by atoms with Crippen LogP contribution in [0.4, 0.5) is 0 Å². The van der Waals surface area contributed by atoms with Gasteiger partial charge >= 0.3 is 0 Å². The van der Waals surface area contributed by atoms with E-state index < -0.39 is 0 Å². The van der Waals surface area contributed by atoms with E-state index >= 15 is 0 Å². The molecule has 154 valence electrons. The molecule has 0 N–H and O–H groups in total. The zero-order valence-electron chi connectivity index (χ0n) is 17.0. The summed E-state index contributed by atoms with van der Waals surface area (Å²) in [5.41, 5.74) is 5.02. The molecule has 0 radical (unpaired) electrons. The molecular weight excluding hydrogens is 376 g/mol. The average Bonchev–Trinajstić information content (AvgIpc) is 3.69. The lowest BCUT2D eigenvalue weighted by Crippen LogP contribution is -2.06. The largest absolute Gasteiger partial charge is 0.491 e. The molecule has 3 aromatic rings.